The average molecular weight is 238 g/mol. The maximum Gasteiger partial charge on any atom is 0.237 e. The molecule has 0 aliphatic carbocycles. The number of nitrogens with two attached hydrogens (primary N) is 1. The molecule has 5 N–H and O–H groups in total. The Morgan fingerprint density at radius 3 is 2.53 bits per heavy atom. The van der Waals surface area contributed by atoms with Crippen molar-refractivity contribution in [3.63, 3.8) is 0 Å². The lowest BCUT2D eigenvalue weighted by Crippen LogP contribution is -2.44. The second-order valence-corrected chi connectivity index (χ2v) is 4.07. The molecule has 94 valence electrons. The number of aliphatic hydroxyl groups excluding tert-OH is 1. The van der Waals surface area contributed by atoms with Crippen molar-refractivity contribution in [3.8, 4) is 5.75 Å². The number of hydrogen-bond acceptors (Lipinski definition) is 4. The number of phenolic OH excluding ortho intramolecular Hbond substituents is 1. The normalized spacial score (nSPS) is 14.1. The van der Waals surface area contributed by atoms with Crippen LogP contribution in [0.2, 0.25) is 0 Å². The number of hydrogen-bond donors (Lipinski definition) is 4. The molecular weight excluding hydrogens is 220 g/mol. The number of aromatic hydroxyl groups is 1. The van der Waals surface area contributed by atoms with E-state index in [1.807, 2.05) is 0 Å². The molecule has 5 nitrogen and oxygen atoms in total. The molecule has 1 aromatic carbocycles. The van der Waals surface area contributed by atoms with Crippen molar-refractivity contribution in [2.75, 3.05) is 6.54 Å². The van der Waals surface area contributed by atoms with Gasteiger partial charge in [-0.2, -0.15) is 0 Å². The number of carbonyl (C=O) groups excluding carboxylic acids is 1. The summed E-state index contributed by atoms with van der Waals surface area (Å²) in [5, 5.41) is 20.7. The molecular formula is C12H18N2O3. The van der Waals surface area contributed by atoms with E-state index in [9.17, 15) is 4.79 Å². The molecule has 2 atom stereocenters. The molecule has 0 radical (unpaired) electrons. The van der Waals surface area contributed by atoms with Crippen molar-refractivity contribution in [1.29, 1.82) is 0 Å². The Bertz CT molecular complexity index is 363. The fraction of sp³-hybridized carbons (Fsp3) is 0.417. The fourth-order valence-corrected chi connectivity index (χ4v) is 1.36. The highest BCUT2D eigenvalue weighted by Crippen LogP contribution is 2.10. The highest BCUT2D eigenvalue weighted by Gasteiger charge is 2.14. The van der Waals surface area contributed by atoms with Gasteiger partial charge in [-0.1, -0.05) is 12.1 Å². The van der Waals surface area contributed by atoms with Crippen molar-refractivity contribution >= 4 is 5.91 Å². The van der Waals surface area contributed by atoms with E-state index in [0.717, 1.165) is 5.56 Å². The lowest BCUT2D eigenvalue weighted by molar-refractivity contribution is -0.122. The van der Waals surface area contributed by atoms with E-state index in [-0.39, 0.29) is 18.2 Å². The van der Waals surface area contributed by atoms with Crippen molar-refractivity contribution in [2.24, 2.45) is 5.73 Å². The zero-order chi connectivity index (χ0) is 12.8. The topological polar surface area (TPSA) is 95.6 Å². The van der Waals surface area contributed by atoms with Gasteiger partial charge in [0.1, 0.15) is 5.75 Å². The lowest BCUT2D eigenvalue weighted by atomic mass is 10.1. The van der Waals surface area contributed by atoms with Crippen LogP contribution in [-0.2, 0) is 11.2 Å². The van der Waals surface area contributed by atoms with Crippen LogP contribution >= 0.6 is 0 Å². The third kappa shape index (κ3) is 4.84. The number of rotatable bonds is 5. The molecule has 0 aromatic heterocycles. The number of phenols is 1. The van der Waals surface area contributed by atoms with Crippen LogP contribution in [0.15, 0.2) is 24.3 Å². The first-order valence-corrected chi connectivity index (χ1v) is 5.48. The lowest BCUT2D eigenvalue weighted by Gasteiger charge is -2.13. The third-order valence-corrected chi connectivity index (χ3v) is 2.30. The zero-order valence-corrected chi connectivity index (χ0v) is 9.76. The van der Waals surface area contributed by atoms with Crippen LogP contribution in [0.1, 0.15) is 12.5 Å². The minimum atomic E-state index is -0.654. The Balaban J connectivity index is 2.45. The summed E-state index contributed by atoms with van der Waals surface area (Å²) in [6.45, 7) is 1.79. The van der Waals surface area contributed by atoms with Gasteiger partial charge in [0.05, 0.1) is 12.1 Å². The smallest absolute Gasteiger partial charge is 0.237 e. The minimum Gasteiger partial charge on any atom is -0.508 e. The molecule has 0 saturated carbocycles. The maximum absolute atomic E-state index is 11.5. The summed E-state index contributed by atoms with van der Waals surface area (Å²) in [5.74, 6) is -0.111. The molecule has 17 heavy (non-hydrogen) atoms. The van der Waals surface area contributed by atoms with Crippen LogP contribution < -0.4 is 11.1 Å². The van der Waals surface area contributed by atoms with E-state index < -0.39 is 12.1 Å². The average Bonchev–Trinajstić information content (AvgIpc) is 2.28. The first-order chi connectivity index (χ1) is 7.99. The molecule has 0 heterocycles. The van der Waals surface area contributed by atoms with E-state index in [1.165, 1.54) is 0 Å². The zero-order valence-electron chi connectivity index (χ0n) is 9.76. The van der Waals surface area contributed by atoms with Gasteiger partial charge in [0.2, 0.25) is 5.91 Å². The van der Waals surface area contributed by atoms with Crippen LogP contribution in [0.3, 0.4) is 0 Å². The Labute approximate surface area is 100 Å². The molecule has 1 aromatic rings. The summed E-state index contributed by atoms with van der Waals surface area (Å²) in [7, 11) is 0. The Morgan fingerprint density at radius 2 is 2.00 bits per heavy atom. The van der Waals surface area contributed by atoms with Crippen LogP contribution in [0, 0.1) is 0 Å². The van der Waals surface area contributed by atoms with E-state index >= 15 is 0 Å². The first kappa shape index (κ1) is 13.5. The van der Waals surface area contributed by atoms with Gasteiger partial charge in [0.15, 0.2) is 0 Å². The molecule has 0 saturated heterocycles. The SMILES string of the molecule is C[C@@H](O)CNC(=O)C(N)Cc1ccc(O)cc1. The van der Waals surface area contributed by atoms with Crippen LogP contribution in [0.5, 0.6) is 5.75 Å². The molecule has 5 heteroatoms. The fourth-order valence-electron chi connectivity index (χ4n) is 1.36. The van der Waals surface area contributed by atoms with Crippen LogP contribution in [0.25, 0.3) is 0 Å². The number of nitrogens with one attached hydrogen (secondary N) is 1. The molecule has 0 fully saturated rings. The van der Waals surface area contributed by atoms with E-state index in [0.29, 0.717) is 6.42 Å². The number of aliphatic hydroxyl groups is 1. The summed E-state index contributed by atoms with van der Waals surface area (Å²) in [6, 6.07) is 5.89. The van der Waals surface area contributed by atoms with Crippen molar-refractivity contribution in [1.82, 2.24) is 5.32 Å². The predicted octanol–water partition coefficient (Wildman–Crippen LogP) is -0.241. The van der Waals surface area contributed by atoms with Gasteiger partial charge in [-0.25, -0.2) is 0 Å². The minimum absolute atomic E-state index is 0.181. The van der Waals surface area contributed by atoms with Gasteiger partial charge in [-0.3, -0.25) is 4.79 Å². The summed E-state index contributed by atoms with van der Waals surface area (Å²) in [4.78, 5) is 11.5. The highest BCUT2D eigenvalue weighted by atomic mass is 16.3. The van der Waals surface area contributed by atoms with E-state index in [4.69, 9.17) is 15.9 Å². The van der Waals surface area contributed by atoms with Gasteiger partial charge in [0.25, 0.3) is 0 Å². The predicted molar refractivity (Wildman–Crippen MR) is 64.5 cm³/mol. The number of carbonyl (C=O) groups is 1. The van der Waals surface area contributed by atoms with Gasteiger partial charge >= 0.3 is 0 Å². The Hall–Kier alpha value is -1.59. The van der Waals surface area contributed by atoms with Crippen molar-refractivity contribution < 1.29 is 15.0 Å². The molecule has 0 bridgehead atoms. The molecule has 0 aliphatic rings. The second-order valence-electron chi connectivity index (χ2n) is 4.07. The van der Waals surface area contributed by atoms with Crippen LogP contribution in [0.4, 0.5) is 0 Å². The summed E-state index contributed by atoms with van der Waals surface area (Å²) in [5.41, 5.74) is 6.59. The van der Waals surface area contributed by atoms with Gasteiger partial charge in [-0.05, 0) is 31.0 Å². The largest absolute Gasteiger partial charge is 0.508 e. The summed E-state index contributed by atoms with van der Waals surface area (Å²) < 4.78 is 0. The van der Waals surface area contributed by atoms with E-state index in [1.54, 1.807) is 31.2 Å². The Kier molecular flexibility index (Phi) is 4.93. The van der Waals surface area contributed by atoms with E-state index in [2.05, 4.69) is 5.32 Å². The highest BCUT2D eigenvalue weighted by molar-refractivity contribution is 5.81. The molecule has 1 unspecified atom stereocenters. The maximum atomic E-state index is 11.5. The van der Waals surface area contributed by atoms with Gasteiger partial charge < -0.3 is 21.3 Å². The Morgan fingerprint density at radius 1 is 1.41 bits per heavy atom. The quantitative estimate of drug-likeness (QED) is 0.569. The van der Waals surface area contributed by atoms with Gasteiger partial charge in [0, 0.05) is 6.54 Å². The molecule has 1 amide bonds. The monoisotopic (exact) mass is 238 g/mol. The van der Waals surface area contributed by atoms with Gasteiger partial charge in [-0.15, -0.1) is 0 Å². The number of benzene rings is 1. The van der Waals surface area contributed by atoms with Crippen molar-refractivity contribution in [2.45, 2.75) is 25.5 Å². The second kappa shape index (κ2) is 6.22. The first-order valence-electron chi connectivity index (χ1n) is 5.48. The molecule has 0 spiro atoms. The van der Waals surface area contributed by atoms with Crippen LogP contribution in [-0.4, -0.2) is 34.8 Å². The molecule has 1 rings (SSSR count). The standard InChI is InChI=1S/C12H18N2O3/c1-8(15)7-14-12(17)11(13)6-9-2-4-10(16)5-3-9/h2-5,8,11,15-16H,6-7,13H2,1H3,(H,14,17)/t8-,11?/m1/s1. The third-order valence-electron chi connectivity index (χ3n) is 2.30. The van der Waals surface area contributed by atoms with Crippen molar-refractivity contribution in [3.05, 3.63) is 29.8 Å². The molecule has 0 aliphatic heterocycles. The summed E-state index contributed by atoms with van der Waals surface area (Å²) >= 11 is 0. The summed E-state index contributed by atoms with van der Waals surface area (Å²) in [6.07, 6.45) is -0.189. The number of amides is 1.